The molecule has 0 spiro atoms. The zero-order valence-corrected chi connectivity index (χ0v) is 19.3. The van der Waals surface area contributed by atoms with Crippen LogP contribution in [0.3, 0.4) is 0 Å². The van der Waals surface area contributed by atoms with E-state index in [1.54, 1.807) is 3.93 Å². The zero-order valence-electron chi connectivity index (χ0n) is 17.8. The first-order valence-corrected chi connectivity index (χ1v) is 12.0. The fourth-order valence-corrected chi connectivity index (χ4v) is 5.92. The maximum absolute atomic E-state index is 13.2. The number of halogens is 1. The Balaban J connectivity index is 1.38. The molecule has 6 heteroatoms. The SMILES string of the molecule is C[C@H](c1ccccc1)N(Br)C(=O)c1ccc2c(c1)CCN1C(=O)[C@@H]3CCCN[C@@H]3C[C@H]21. The van der Waals surface area contributed by atoms with Crippen LogP contribution in [0.4, 0.5) is 0 Å². The van der Waals surface area contributed by atoms with Gasteiger partial charge < -0.3 is 10.2 Å². The Hall–Kier alpha value is -2.18. The molecular formula is C25H28BrN3O2. The van der Waals surface area contributed by atoms with Gasteiger partial charge in [0.25, 0.3) is 5.91 Å². The number of carbonyl (C=O) groups excluding carboxylic acids is 2. The Kier molecular flexibility index (Phi) is 5.61. The summed E-state index contributed by atoms with van der Waals surface area (Å²) in [4.78, 5) is 28.4. The van der Waals surface area contributed by atoms with Crippen molar-refractivity contribution < 1.29 is 9.59 Å². The van der Waals surface area contributed by atoms with E-state index >= 15 is 0 Å². The molecule has 5 nitrogen and oxygen atoms in total. The maximum atomic E-state index is 13.2. The summed E-state index contributed by atoms with van der Waals surface area (Å²) < 4.78 is 1.62. The molecule has 2 amide bonds. The van der Waals surface area contributed by atoms with Gasteiger partial charge in [0.05, 0.1) is 34.1 Å². The molecule has 162 valence electrons. The van der Waals surface area contributed by atoms with Gasteiger partial charge in [0, 0.05) is 18.2 Å². The number of hydrogen-bond acceptors (Lipinski definition) is 3. The number of nitrogens with zero attached hydrogens (tertiary/aromatic N) is 2. The zero-order chi connectivity index (χ0) is 21.5. The van der Waals surface area contributed by atoms with Crippen molar-refractivity contribution in [2.45, 2.75) is 50.7 Å². The summed E-state index contributed by atoms with van der Waals surface area (Å²) in [6, 6.07) is 16.3. The summed E-state index contributed by atoms with van der Waals surface area (Å²) in [6.07, 6.45) is 3.85. The molecule has 0 radical (unpaired) electrons. The summed E-state index contributed by atoms with van der Waals surface area (Å²) in [5, 5.41) is 3.57. The van der Waals surface area contributed by atoms with Crippen molar-refractivity contribution in [2.75, 3.05) is 13.1 Å². The molecular weight excluding hydrogens is 454 g/mol. The standard InChI is InChI=1S/C25H28BrN3O2/c1-16(17-6-3-2-4-7-17)29(26)24(30)19-9-10-20-18(14-19)11-13-28-23(20)15-22-21(25(28)31)8-5-12-27-22/h2-4,6-7,9-10,14,16,21-23,27H,5,8,11-13,15H2,1H3/t16-,21-,22-,23-/m1/s1. The fraction of sp³-hybridized carbons (Fsp3) is 0.440. The predicted molar refractivity (Wildman–Crippen MR) is 124 cm³/mol. The van der Waals surface area contributed by atoms with Gasteiger partial charge in [-0.2, -0.15) is 0 Å². The largest absolute Gasteiger partial charge is 0.335 e. The molecule has 4 atom stereocenters. The first-order valence-electron chi connectivity index (χ1n) is 11.3. The number of nitrogens with one attached hydrogen (secondary N) is 1. The summed E-state index contributed by atoms with van der Waals surface area (Å²) >= 11 is 3.50. The highest BCUT2D eigenvalue weighted by Crippen LogP contribution is 2.41. The van der Waals surface area contributed by atoms with Gasteiger partial charge in [-0.3, -0.25) is 13.5 Å². The van der Waals surface area contributed by atoms with Crippen LogP contribution in [-0.4, -0.2) is 39.8 Å². The quantitative estimate of drug-likeness (QED) is 0.661. The van der Waals surface area contributed by atoms with Crippen molar-refractivity contribution in [3.63, 3.8) is 0 Å². The maximum Gasteiger partial charge on any atom is 0.264 e. The molecule has 0 bridgehead atoms. The average molecular weight is 482 g/mol. The molecule has 0 saturated carbocycles. The lowest BCUT2D eigenvalue weighted by Gasteiger charge is -2.48. The van der Waals surface area contributed by atoms with Gasteiger partial charge in [-0.25, -0.2) is 0 Å². The highest BCUT2D eigenvalue weighted by atomic mass is 79.9. The van der Waals surface area contributed by atoms with Crippen LogP contribution in [0.15, 0.2) is 48.5 Å². The van der Waals surface area contributed by atoms with E-state index in [2.05, 4.69) is 32.4 Å². The fourth-order valence-electron chi connectivity index (χ4n) is 5.47. The Morgan fingerprint density at radius 1 is 1.23 bits per heavy atom. The average Bonchev–Trinajstić information content (AvgIpc) is 2.83. The van der Waals surface area contributed by atoms with Gasteiger partial charge in [-0.1, -0.05) is 36.4 Å². The van der Waals surface area contributed by atoms with Crippen LogP contribution in [-0.2, 0) is 11.2 Å². The van der Waals surface area contributed by atoms with Gasteiger partial charge in [0.15, 0.2) is 0 Å². The molecule has 3 heterocycles. The van der Waals surface area contributed by atoms with Crippen LogP contribution in [0, 0.1) is 5.92 Å². The number of rotatable bonds is 3. The topological polar surface area (TPSA) is 52.7 Å². The highest BCUT2D eigenvalue weighted by Gasteiger charge is 2.45. The van der Waals surface area contributed by atoms with Gasteiger partial charge in [-0.05, 0) is 68.0 Å². The molecule has 2 aromatic carbocycles. The van der Waals surface area contributed by atoms with E-state index in [4.69, 9.17) is 0 Å². The van der Waals surface area contributed by atoms with Crippen molar-refractivity contribution in [2.24, 2.45) is 5.92 Å². The van der Waals surface area contributed by atoms with E-state index in [1.165, 1.54) is 11.1 Å². The van der Waals surface area contributed by atoms with Gasteiger partial charge in [0.2, 0.25) is 5.91 Å². The lowest BCUT2D eigenvalue weighted by atomic mass is 9.77. The molecule has 3 aliphatic heterocycles. The minimum Gasteiger partial charge on any atom is -0.335 e. The Labute approximate surface area is 192 Å². The second-order valence-electron chi connectivity index (χ2n) is 8.96. The molecule has 2 fully saturated rings. The highest BCUT2D eigenvalue weighted by molar-refractivity contribution is 9.07. The van der Waals surface area contributed by atoms with Crippen LogP contribution in [0.5, 0.6) is 0 Å². The van der Waals surface area contributed by atoms with E-state index < -0.39 is 0 Å². The van der Waals surface area contributed by atoms with E-state index in [-0.39, 0.29) is 30.0 Å². The van der Waals surface area contributed by atoms with E-state index in [1.807, 2.05) is 49.4 Å². The molecule has 2 aromatic rings. The van der Waals surface area contributed by atoms with Crippen molar-refractivity contribution in [1.82, 2.24) is 14.1 Å². The minimum atomic E-state index is -0.0782. The van der Waals surface area contributed by atoms with Crippen LogP contribution in [0.2, 0.25) is 0 Å². The lowest BCUT2D eigenvalue weighted by Crippen LogP contribution is -2.57. The molecule has 0 aliphatic carbocycles. The van der Waals surface area contributed by atoms with Crippen LogP contribution in [0.1, 0.15) is 65.3 Å². The minimum absolute atomic E-state index is 0.0460. The Morgan fingerprint density at radius 2 is 2.03 bits per heavy atom. The molecule has 0 aromatic heterocycles. The third-order valence-electron chi connectivity index (χ3n) is 7.22. The van der Waals surface area contributed by atoms with Gasteiger partial charge in [0.1, 0.15) is 0 Å². The van der Waals surface area contributed by atoms with Crippen LogP contribution in [0.25, 0.3) is 0 Å². The first-order chi connectivity index (χ1) is 15.0. The number of piperidine rings is 2. The molecule has 2 saturated heterocycles. The number of carbonyl (C=O) groups is 2. The summed E-state index contributed by atoms with van der Waals surface area (Å²) in [6.45, 7) is 3.76. The van der Waals surface area contributed by atoms with E-state index in [0.717, 1.165) is 44.3 Å². The number of hydrogen-bond donors (Lipinski definition) is 1. The number of benzene rings is 2. The van der Waals surface area contributed by atoms with Gasteiger partial charge in [-0.15, -0.1) is 0 Å². The van der Waals surface area contributed by atoms with E-state index in [0.29, 0.717) is 11.5 Å². The monoisotopic (exact) mass is 481 g/mol. The Bertz CT molecular complexity index is 996. The van der Waals surface area contributed by atoms with Crippen LogP contribution >= 0.6 is 16.1 Å². The number of amides is 2. The normalized spacial score (nSPS) is 25.8. The van der Waals surface area contributed by atoms with E-state index in [9.17, 15) is 9.59 Å². The number of fused-ring (bicyclic) bond motifs is 4. The van der Waals surface area contributed by atoms with Gasteiger partial charge >= 0.3 is 0 Å². The summed E-state index contributed by atoms with van der Waals surface area (Å²) in [5.74, 6) is 0.395. The lowest BCUT2D eigenvalue weighted by molar-refractivity contribution is -0.145. The van der Waals surface area contributed by atoms with Crippen molar-refractivity contribution in [1.29, 1.82) is 0 Å². The second kappa shape index (κ2) is 8.40. The van der Waals surface area contributed by atoms with Crippen molar-refractivity contribution in [3.8, 4) is 0 Å². The Morgan fingerprint density at radius 3 is 2.84 bits per heavy atom. The summed E-state index contributed by atoms with van der Waals surface area (Å²) in [5.41, 5.74) is 4.17. The second-order valence-corrected chi connectivity index (χ2v) is 9.72. The molecule has 3 aliphatic rings. The van der Waals surface area contributed by atoms with Crippen LogP contribution < -0.4 is 5.32 Å². The molecule has 1 N–H and O–H groups in total. The third kappa shape index (κ3) is 3.70. The molecule has 5 rings (SSSR count). The molecule has 0 unspecified atom stereocenters. The van der Waals surface area contributed by atoms with Crippen molar-refractivity contribution in [3.05, 3.63) is 70.8 Å². The molecule has 31 heavy (non-hydrogen) atoms. The predicted octanol–water partition coefficient (Wildman–Crippen LogP) is 4.40. The van der Waals surface area contributed by atoms with Crippen molar-refractivity contribution >= 4 is 28.0 Å². The summed E-state index contributed by atoms with van der Waals surface area (Å²) in [7, 11) is 0. The first kappa shape index (κ1) is 20.7. The third-order valence-corrected chi connectivity index (χ3v) is 8.16. The smallest absolute Gasteiger partial charge is 0.264 e.